The van der Waals surface area contributed by atoms with Gasteiger partial charge in [-0.1, -0.05) is 12.1 Å². The molecular formula is C22H23F5N4O3. The summed E-state index contributed by atoms with van der Waals surface area (Å²) in [6.07, 6.45) is -6.79. The van der Waals surface area contributed by atoms with E-state index in [0.29, 0.717) is 11.1 Å². The van der Waals surface area contributed by atoms with Crippen LogP contribution in [0.4, 0.5) is 27.8 Å². The Hall–Kier alpha value is -2.86. The van der Waals surface area contributed by atoms with Crippen molar-refractivity contribution in [1.29, 1.82) is 0 Å². The third kappa shape index (κ3) is 5.12. The van der Waals surface area contributed by atoms with Gasteiger partial charge in [-0.15, -0.1) is 0 Å². The number of ether oxygens (including phenoxy) is 2. The van der Waals surface area contributed by atoms with E-state index < -0.39 is 35.9 Å². The normalized spacial score (nSPS) is 17.7. The summed E-state index contributed by atoms with van der Waals surface area (Å²) < 4.78 is 77.2. The highest BCUT2D eigenvalue weighted by Crippen LogP contribution is 2.41. The van der Waals surface area contributed by atoms with Gasteiger partial charge < -0.3 is 20.1 Å². The van der Waals surface area contributed by atoms with E-state index in [-0.39, 0.29) is 56.1 Å². The van der Waals surface area contributed by atoms with Gasteiger partial charge in [-0.25, -0.2) is 18.7 Å². The molecule has 2 fully saturated rings. The smallest absolute Gasteiger partial charge is 0.365 e. The third-order valence-electron chi connectivity index (χ3n) is 5.94. The number of hydrogen-bond acceptors (Lipinski definition) is 6. The van der Waals surface area contributed by atoms with Crippen LogP contribution < -0.4 is 10.6 Å². The van der Waals surface area contributed by atoms with E-state index in [1.807, 2.05) is 0 Å². The van der Waals surface area contributed by atoms with Gasteiger partial charge in [0.1, 0.15) is 17.7 Å². The molecule has 1 aromatic carbocycles. The molecule has 0 unspecified atom stereocenters. The molecule has 2 heterocycles. The summed E-state index contributed by atoms with van der Waals surface area (Å²) >= 11 is 0. The van der Waals surface area contributed by atoms with Crippen LogP contribution in [0, 0.1) is 6.92 Å². The van der Waals surface area contributed by atoms with E-state index in [0.717, 1.165) is 6.07 Å². The summed E-state index contributed by atoms with van der Waals surface area (Å²) in [6.45, 7) is 1.96. The molecule has 2 N–H and O–H groups in total. The van der Waals surface area contributed by atoms with Gasteiger partial charge in [-0.3, -0.25) is 4.79 Å². The number of benzene rings is 1. The van der Waals surface area contributed by atoms with Crippen LogP contribution in [-0.4, -0.2) is 41.1 Å². The Morgan fingerprint density at radius 1 is 1.21 bits per heavy atom. The molecular weight excluding hydrogens is 463 g/mol. The molecule has 0 atom stereocenters. The Balaban J connectivity index is 1.57. The maximum absolute atomic E-state index is 13.2. The first kappa shape index (κ1) is 24.3. The average molecular weight is 486 g/mol. The van der Waals surface area contributed by atoms with Crippen molar-refractivity contribution in [2.75, 3.05) is 18.5 Å². The standard InChI is InChI=1S/C22H23F5N4O3/c1-12-13(3-2-4-14(12)22(25,26)27)10-28-18-17(19-33-7-8-34-19)15(29-11-30-18)9-16(32)31-21(5-6-21)20(23)24/h2-4,11,19-20H,5-10H2,1H3,(H,31,32)(H,28,29,30). The Morgan fingerprint density at radius 3 is 2.53 bits per heavy atom. The molecule has 1 aliphatic carbocycles. The maximum atomic E-state index is 13.2. The van der Waals surface area contributed by atoms with Gasteiger partial charge in [-0.2, -0.15) is 13.2 Å². The number of carbonyl (C=O) groups is 1. The van der Waals surface area contributed by atoms with Crippen molar-refractivity contribution in [2.45, 2.75) is 57.2 Å². The molecule has 0 spiro atoms. The van der Waals surface area contributed by atoms with Crippen LogP contribution in [0.5, 0.6) is 0 Å². The number of halogens is 5. The van der Waals surface area contributed by atoms with E-state index >= 15 is 0 Å². The highest BCUT2D eigenvalue weighted by molar-refractivity contribution is 5.80. The second-order valence-corrected chi connectivity index (χ2v) is 8.28. The predicted molar refractivity (Wildman–Crippen MR) is 110 cm³/mol. The van der Waals surface area contributed by atoms with Gasteiger partial charge in [0.05, 0.1) is 36.5 Å². The minimum absolute atomic E-state index is 0.00656. The van der Waals surface area contributed by atoms with Gasteiger partial charge >= 0.3 is 6.18 Å². The van der Waals surface area contributed by atoms with Gasteiger partial charge in [0.25, 0.3) is 6.43 Å². The van der Waals surface area contributed by atoms with Crippen molar-refractivity contribution < 1.29 is 36.2 Å². The summed E-state index contributed by atoms with van der Waals surface area (Å²) in [6, 6.07) is 3.90. The second kappa shape index (κ2) is 9.41. The Labute approximate surface area is 192 Å². The molecule has 34 heavy (non-hydrogen) atoms. The lowest BCUT2D eigenvalue weighted by Gasteiger charge is -2.20. The van der Waals surface area contributed by atoms with Crippen LogP contribution >= 0.6 is 0 Å². The lowest BCUT2D eigenvalue weighted by molar-refractivity contribution is -0.138. The molecule has 2 aliphatic rings. The number of nitrogens with one attached hydrogen (secondary N) is 2. The van der Waals surface area contributed by atoms with Crippen molar-refractivity contribution in [3.63, 3.8) is 0 Å². The Kier molecular flexibility index (Phi) is 6.72. The monoisotopic (exact) mass is 486 g/mol. The summed E-state index contributed by atoms with van der Waals surface area (Å²) in [5.74, 6) is -0.410. The number of rotatable bonds is 8. The third-order valence-corrected chi connectivity index (χ3v) is 5.94. The summed E-state index contributed by atoms with van der Waals surface area (Å²) in [4.78, 5) is 20.8. The van der Waals surface area contributed by atoms with Crippen molar-refractivity contribution in [3.05, 3.63) is 52.5 Å². The lowest BCUT2D eigenvalue weighted by atomic mass is 10.0. The Morgan fingerprint density at radius 2 is 1.91 bits per heavy atom. The molecule has 1 aromatic heterocycles. The highest BCUT2D eigenvalue weighted by atomic mass is 19.4. The number of anilines is 1. The van der Waals surface area contributed by atoms with Crippen LogP contribution in [-0.2, 0) is 33.4 Å². The number of carbonyl (C=O) groups excluding carboxylic acids is 1. The average Bonchev–Trinajstić information content (AvgIpc) is 3.35. The minimum atomic E-state index is -4.48. The zero-order chi connectivity index (χ0) is 24.5. The quantitative estimate of drug-likeness (QED) is 0.551. The first-order valence-corrected chi connectivity index (χ1v) is 10.7. The van der Waals surface area contributed by atoms with Crippen LogP contribution in [0.2, 0.25) is 0 Å². The van der Waals surface area contributed by atoms with Crippen molar-refractivity contribution in [3.8, 4) is 0 Å². The van der Waals surface area contributed by atoms with Crippen molar-refractivity contribution in [2.24, 2.45) is 0 Å². The highest BCUT2D eigenvalue weighted by Gasteiger charge is 2.52. The predicted octanol–water partition coefficient (Wildman–Crippen LogP) is 3.92. The molecule has 1 saturated carbocycles. The summed E-state index contributed by atoms with van der Waals surface area (Å²) in [5, 5.41) is 5.37. The molecule has 12 heteroatoms. The number of aromatic nitrogens is 2. The fourth-order valence-corrected chi connectivity index (χ4v) is 3.85. The van der Waals surface area contributed by atoms with E-state index in [4.69, 9.17) is 9.47 Å². The van der Waals surface area contributed by atoms with Crippen LogP contribution in [0.15, 0.2) is 24.5 Å². The second-order valence-electron chi connectivity index (χ2n) is 8.28. The van der Waals surface area contributed by atoms with E-state index in [2.05, 4.69) is 20.6 Å². The fourth-order valence-electron chi connectivity index (χ4n) is 3.85. The van der Waals surface area contributed by atoms with Gasteiger partial charge in [0.15, 0.2) is 6.29 Å². The first-order valence-electron chi connectivity index (χ1n) is 10.7. The van der Waals surface area contributed by atoms with Crippen molar-refractivity contribution >= 4 is 11.7 Å². The van der Waals surface area contributed by atoms with Crippen LogP contribution in [0.1, 0.15) is 47.1 Å². The van der Waals surface area contributed by atoms with Gasteiger partial charge in [0.2, 0.25) is 5.91 Å². The number of hydrogen-bond donors (Lipinski definition) is 2. The van der Waals surface area contributed by atoms with E-state index in [9.17, 15) is 26.7 Å². The maximum Gasteiger partial charge on any atom is 0.416 e. The molecule has 2 aromatic rings. The zero-order valence-electron chi connectivity index (χ0n) is 18.2. The number of amides is 1. The molecule has 1 amide bonds. The number of nitrogens with zero attached hydrogens (tertiary/aromatic N) is 2. The van der Waals surface area contributed by atoms with Crippen LogP contribution in [0.3, 0.4) is 0 Å². The fraction of sp³-hybridized carbons (Fsp3) is 0.500. The molecule has 0 radical (unpaired) electrons. The molecule has 7 nitrogen and oxygen atoms in total. The first-order chi connectivity index (χ1) is 16.1. The summed E-state index contributed by atoms with van der Waals surface area (Å²) in [5.41, 5.74) is -1.23. The van der Waals surface area contributed by atoms with Gasteiger partial charge in [0, 0.05) is 6.54 Å². The zero-order valence-corrected chi connectivity index (χ0v) is 18.2. The largest absolute Gasteiger partial charge is 0.416 e. The minimum Gasteiger partial charge on any atom is -0.365 e. The molecule has 1 saturated heterocycles. The van der Waals surface area contributed by atoms with E-state index in [1.165, 1.54) is 19.3 Å². The molecule has 184 valence electrons. The van der Waals surface area contributed by atoms with Crippen molar-refractivity contribution in [1.82, 2.24) is 15.3 Å². The lowest BCUT2D eigenvalue weighted by Crippen LogP contribution is -2.43. The van der Waals surface area contributed by atoms with Gasteiger partial charge in [-0.05, 0) is 37.0 Å². The van der Waals surface area contributed by atoms with Crippen LogP contribution in [0.25, 0.3) is 0 Å². The molecule has 1 aliphatic heterocycles. The van der Waals surface area contributed by atoms with E-state index in [1.54, 1.807) is 6.07 Å². The SMILES string of the molecule is Cc1c(CNc2ncnc(CC(=O)NC3(C(F)F)CC3)c2C2OCCO2)cccc1C(F)(F)F. The molecule has 0 bridgehead atoms. The number of alkyl halides is 5. The summed E-state index contributed by atoms with van der Waals surface area (Å²) in [7, 11) is 0. The molecule has 4 rings (SSSR count). The Bertz CT molecular complexity index is 1050. The topological polar surface area (TPSA) is 85.4 Å².